The summed E-state index contributed by atoms with van der Waals surface area (Å²) in [5.41, 5.74) is 9.43. The highest BCUT2D eigenvalue weighted by Crippen LogP contribution is 2.27. The number of rotatable bonds is 3. The lowest BCUT2D eigenvalue weighted by Gasteiger charge is -2.22. The molecule has 2 heteroatoms. The topological polar surface area (TPSA) is 38.0 Å². The summed E-state index contributed by atoms with van der Waals surface area (Å²) in [6.07, 6.45) is 0. The van der Waals surface area contributed by atoms with Crippen LogP contribution < -0.4 is 11.3 Å². The van der Waals surface area contributed by atoms with E-state index in [1.807, 2.05) is 0 Å². The van der Waals surface area contributed by atoms with Gasteiger partial charge < -0.3 is 0 Å². The molecule has 0 amide bonds. The molecule has 2 aromatic rings. The Balaban J connectivity index is 2.35. The van der Waals surface area contributed by atoms with Crippen LogP contribution in [0.1, 0.15) is 54.6 Å². The van der Waals surface area contributed by atoms with E-state index < -0.39 is 0 Å². The maximum atomic E-state index is 5.80. The van der Waals surface area contributed by atoms with Gasteiger partial charge in [-0.3, -0.25) is 5.84 Å². The van der Waals surface area contributed by atoms with Crippen molar-refractivity contribution in [3.8, 4) is 0 Å². The van der Waals surface area contributed by atoms with Crippen LogP contribution in [0, 0.1) is 13.8 Å². The second-order valence-corrected chi connectivity index (χ2v) is 6.82. The van der Waals surface area contributed by atoms with E-state index in [9.17, 15) is 0 Å². The van der Waals surface area contributed by atoms with Crippen LogP contribution in [-0.4, -0.2) is 0 Å². The fourth-order valence-electron chi connectivity index (χ4n) is 2.50. The molecule has 0 aliphatic carbocycles. The SMILES string of the molecule is Cc1ccc(C(NN)c2ccc(C(C)(C)C)cc2)cc1C. The molecule has 0 bridgehead atoms. The second-order valence-electron chi connectivity index (χ2n) is 6.82. The molecular weight excluding hydrogens is 256 g/mol. The number of nitrogens with two attached hydrogens (primary N) is 1. The Morgan fingerprint density at radius 2 is 1.43 bits per heavy atom. The van der Waals surface area contributed by atoms with E-state index in [0.29, 0.717) is 0 Å². The van der Waals surface area contributed by atoms with Crippen LogP contribution in [0.4, 0.5) is 0 Å². The zero-order chi connectivity index (χ0) is 15.6. The van der Waals surface area contributed by atoms with Gasteiger partial charge in [0.15, 0.2) is 0 Å². The molecule has 2 aromatic carbocycles. The Hall–Kier alpha value is -1.64. The summed E-state index contributed by atoms with van der Waals surface area (Å²) in [5.74, 6) is 5.80. The van der Waals surface area contributed by atoms with Gasteiger partial charge in [0, 0.05) is 0 Å². The first kappa shape index (κ1) is 15.7. The van der Waals surface area contributed by atoms with Crippen LogP contribution in [0.5, 0.6) is 0 Å². The molecule has 0 heterocycles. The molecule has 0 aliphatic heterocycles. The zero-order valence-corrected chi connectivity index (χ0v) is 13.7. The molecule has 2 nitrogen and oxygen atoms in total. The minimum Gasteiger partial charge on any atom is -0.271 e. The Morgan fingerprint density at radius 3 is 1.90 bits per heavy atom. The smallest absolute Gasteiger partial charge is 0.0710 e. The molecule has 0 spiro atoms. The van der Waals surface area contributed by atoms with Crippen molar-refractivity contribution < 1.29 is 0 Å². The standard InChI is InChI=1S/C19H26N2/c1-13-6-7-16(12-14(13)2)18(21-20)15-8-10-17(11-9-15)19(3,4)5/h6-12,18,21H,20H2,1-5H3. The molecule has 0 saturated heterocycles. The van der Waals surface area contributed by atoms with Crippen molar-refractivity contribution in [3.63, 3.8) is 0 Å². The first-order valence-electron chi connectivity index (χ1n) is 7.46. The third-order valence-electron chi connectivity index (χ3n) is 4.14. The van der Waals surface area contributed by atoms with Gasteiger partial charge in [0.25, 0.3) is 0 Å². The summed E-state index contributed by atoms with van der Waals surface area (Å²) in [6, 6.07) is 15.3. The second kappa shape index (κ2) is 6.00. The highest BCUT2D eigenvalue weighted by Gasteiger charge is 2.16. The number of nitrogens with one attached hydrogen (secondary N) is 1. The predicted molar refractivity (Wildman–Crippen MR) is 90.2 cm³/mol. The van der Waals surface area contributed by atoms with Crippen molar-refractivity contribution in [1.29, 1.82) is 0 Å². The van der Waals surface area contributed by atoms with Gasteiger partial charge in [0.05, 0.1) is 6.04 Å². The van der Waals surface area contributed by atoms with Gasteiger partial charge in [-0.2, -0.15) is 0 Å². The van der Waals surface area contributed by atoms with E-state index in [1.54, 1.807) is 0 Å². The average molecular weight is 282 g/mol. The maximum absolute atomic E-state index is 5.80. The van der Waals surface area contributed by atoms with E-state index in [4.69, 9.17) is 5.84 Å². The molecule has 0 fully saturated rings. The zero-order valence-electron chi connectivity index (χ0n) is 13.7. The average Bonchev–Trinajstić information content (AvgIpc) is 2.43. The normalized spacial score (nSPS) is 13.2. The van der Waals surface area contributed by atoms with Gasteiger partial charge in [-0.1, -0.05) is 63.2 Å². The molecule has 112 valence electrons. The molecule has 0 aliphatic rings. The van der Waals surface area contributed by atoms with Crippen LogP contribution in [0.25, 0.3) is 0 Å². The lowest BCUT2D eigenvalue weighted by Crippen LogP contribution is -2.29. The lowest BCUT2D eigenvalue weighted by molar-refractivity contribution is 0.588. The van der Waals surface area contributed by atoms with Gasteiger partial charge in [-0.15, -0.1) is 0 Å². The molecule has 1 atom stereocenters. The fraction of sp³-hybridized carbons (Fsp3) is 0.368. The van der Waals surface area contributed by atoms with Gasteiger partial charge in [-0.05, 0) is 47.1 Å². The third-order valence-corrected chi connectivity index (χ3v) is 4.14. The Labute approximate surface area is 128 Å². The molecular formula is C19H26N2. The van der Waals surface area contributed by atoms with Gasteiger partial charge >= 0.3 is 0 Å². The van der Waals surface area contributed by atoms with E-state index in [-0.39, 0.29) is 11.5 Å². The van der Waals surface area contributed by atoms with Crippen molar-refractivity contribution in [2.24, 2.45) is 5.84 Å². The molecule has 21 heavy (non-hydrogen) atoms. The highest BCUT2D eigenvalue weighted by atomic mass is 15.2. The quantitative estimate of drug-likeness (QED) is 0.655. The van der Waals surface area contributed by atoms with Gasteiger partial charge in [0.2, 0.25) is 0 Å². The number of benzene rings is 2. The summed E-state index contributed by atoms with van der Waals surface area (Å²) in [5, 5.41) is 0. The monoisotopic (exact) mass is 282 g/mol. The van der Waals surface area contributed by atoms with Crippen LogP contribution in [-0.2, 0) is 5.41 Å². The largest absolute Gasteiger partial charge is 0.271 e. The molecule has 0 aromatic heterocycles. The number of aryl methyl sites for hydroxylation is 2. The summed E-state index contributed by atoms with van der Waals surface area (Å²) in [6.45, 7) is 10.9. The molecule has 2 rings (SSSR count). The Morgan fingerprint density at radius 1 is 0.857 bits per heavy atom. The van der Waals surface area contributed by atoms with E-state index in [1.165, 1.54) is 27.8 Å². The van der Waals surface area contributed by atoms with Crippen LogP contribution in [0.3, 0.4) is 0 Å². The molecule has 0 radical (unpaired) electrons. The molecule has 3 N–H and O–H groups in total. The lowest BCUT2D eigenvalue weighted by atomic mass is 9.85. The molecule has 0 saturated carbocycles. The summed E-state index contributed by atoms with van der Waals surface area (Å²) >= 11 is 0. The first-order valence-corrected chi connectivity index (χ1v) is 7.46. The van der Waals surface area contributed by atoms with E-state index in [2.05, 4.69) is 82.5 Å². The van der Waals surface area contributed by atoms with Crippen molar-refractivity contribution in [2.75, 3.05) is 0 Å². The van der Waals surface area contributed by atoms with Gasteiger partial charge in [0.1, 0.15) is 0 Å². The molecule has 1 unspecified atom stereocenters. The maximum Gasteiger partial charge on any atom is 0.0710 e. The van der Waals surface area contributed by atoms with Crippen molar-refractivity contribution >= 4 is 0 Å². The highest BCUT2D eigenvalue weighted by molar-refractivity contribution is 5.38. The van der Waals surface area contributed by atoms with Crippen molar-refractivity contribution in [3.05, 3.63) is 70.3 Å². The first-order chi connectivity index (χ1) is 9.82. The van der Waals surface area contributed by atoms with Crippen LogP contribution in [0.15, 0.2) is 42.5 Å². The van der Waals surface area contributed by atoms with Gasteiger partial charge in [-0.25, -0.2) is 5.43 Å². The van der Waals surface area contributed by atoms with Crippen molar-refractivity contribution in [1.82, 2.24) is 5.43 Å². The Kier molecular flexibility index (Phi) is 4.50. The summed E-state index contributed by atoms with van der Waals surface area (Å²) < 4.78 is 0. The minimum atomic E-state index is 0.0262. The number of hydrogen-bond donors (Lipinski definition) is 2. The van der Waals surface area contributed by atoms with E-state index >= 15 is 0 Å². The van der Waals surface area contributed by atoms with E-state index in [0.717, 1.165) is 0 Å². The fourth-order valence-corrected chi connectivity index (χ4v) is 2.50. The predicted octanol–water partition coefficient (Wildman–Crippen LogP) is 4.15. The minimum absolute atomic E-state index is 0.0262. The van der Waals surface area contributed by atoms with Crippen LogP contribution >= 0.6 is 0 Å². The number of hydrogen-bond acceptors (Lipinski definition) is 2. The third kappa shape index (κ3) is 3.52. The summed E-state index contributed by atoms with van der Waals surface area (Å²) in [7, 11) is 0. The Bertz CT molecular complexity index is 606. The number of hydrazine groups is 1. The van der Waals surface area contributed by atoms with Crippen LogP contribution in [0.2, 0.25) is 0 Å². The van der Waals surface area contributed by atoms with Crippen molar-refractivity contribution in [2.45, 2.75) is 46.1 Å². The summed E-state index contributed by atoms with van der Waals surface area (Å²) in [4.78, 5) is 0.